The van der Waals surface area contributed by atoms with E-state index in [9.17, 15) is 18.0 Å². The topological polar surface area (TPSA) is 86.8 Å². The molecule has 2 amide bonds. The van der Waals surface area contributed by atoms with Crippen LogP contribution in [-0.2, 0) is 26.2 Å². The first-order chi connectivity index (χ1) is 16.0. The van der Waals surface area contributed by atoms with Gasteiger partial charge in [-0.1, -0.05) is 55.2 Å². The second kappa shape index (κ2) is 12.5. The fourth-order valence-corrected chi connectivity index (χ4v) is 4.77. The highest BCUT2D eigenvalue weighted by Crippen LogP contribution is 2.21. The van der Waals surface area contributed by atoms with Gasteiger partial charge >= 0.3 is 0 Å². The summed E-state index contributed by atoms with van der Waals surface area (Å²) in [6.45, 7) is 5.27. The molecule has 0 aliphatic rings. The minimum Gasteiger partial charge on any atom is -0.352 e. The number of rotatable bonds is 11. The van der Waals surface area contributed by atoms with Crippen LogP contribution in [0.2, 0.25) is 10.0 Å². The number of hydrogen-bond acceptors (Lipinski definition) is 4. The molecule has 0 aliphatic carbocycles. The van der Waals surface area contributed by atoms with Crippen LogP contribution in [-0.4, -0.2) is 55.1 Å². The Bertz CT molecular complexity index is 1090. The van der Waals surface area contributed by atoms with Gasteiger partial charge in [-0.15, -0.1) is 0 Å². The van der Waals surface area contributed by atoms with Crippen molar-refractivity contribution >= 4 is 45.0 Å². The monoisotopic (exact) mass is 527 g/mol. The van der Waals surface area contributed by atoms with Gasteiger partial charge in [-0.2, -0.15) is 4.31 Å². The minimum absolute atomic E-state index is 0.0198. The lowest BCUT2D eigenvalue weighted by Crippen LogP contribution is -2.53. The molecule has 7 nitrogen and oxygen atoms in total. The van der Waals surface area contributed by atoms with Gasteiger partial charge in [-0.3, -0.25) is 9.59 Å². The van der Waals surface area contributed by atoms with E-state index in [2.05, 4.69) is 5.32 Å². The number of amides is 2. The Labute approximate surface area is 212 Å². The number of halogens is 2. The maximum absolute atomic E-state index is 13.4. The van der Waals surface area contributed by atoms with Gasteiger partial charge in [0.15, 0.2) is 0 Å². The lowest BCUT2D eigenvalue weighted by molar-refractivity contribution is -0.141. The first-order valence-corrected chi connectivity index (χ1v) is 13.3. The van der Waals surface area contributed by atoms with Crippen LogP contribution in [0.1, 0.15) is 39.2 Å². The molecule has 186 valence electrons. The molecule has 10 heteroatoms. The first-order valence-electron chi connectivity index (χ1n) is 11.1. The third-order valence-corrected chi connectivity index (χ3v) is 8.00. The summed E-state index contributed by atoms with van der Waals surface area (Å²) in [6.07, 6.45) is 1.09. The van der Waals surface area contributed by atoms with Crippen molar-refractivity contribution in [1.82, 2.24) is 14.5 Å². The van der Waals surface area contributed by atoms with E-state index in [0.29, 0.717) is 22.0 Å². The van der Waals surface area contributed by atoms with E-state index < -0.39 is 28.5 Å². The minimum atomic E-state index is -3.94. The SMILES string of the molecule is CC[C@H](C(=O)N[C@@H](C)CC)N(Cc1ccccc1Cl)C(=O)CN(C)S(=O)(=O)c1ccc(Cl)cc1. The highest BCUT2D eigenvalue weighted by Gasteiger charge is 2.32. The number of hydrogen-bond donors (Lipinski definition) is 1. The Morgan fingerprint density at radius 2 is 1.62 bits per heavy atom. The lowest BCUT2D eigenvalue weighted by Gasteiger charge is -2.32. The summed E-state index contributed by atoms with van der Waals surface area (Å²) >= 11 is 12.2. The predicted molar refractivity (Wildman–Crippen MR) is 135 cm³/mol. The maximum Gasteiger partial charge on any atom is 0.243 e. The Kier molecular flexibility index (Phi) is 10.4. The molecule has 0 fully saturated rings. The van der Waals surface area contributed by atoms with E-state index >= 15 is 0 Å². The second-order valence-electron chi connectivity index (χ2n) is 8.07. The molecule has 0 heterocycles. The lowest BCUT2D eigenvalue weighted by atomic mass is 10.1. The van der Waals surface area contributed by atoms with Crippen molar-refractivity contribution in [3.8, 4) is 0 Å². The molecule has 0 saturated heterocycles. The Morgan fingerprint density at radius 1 is 1.00 bits per heavy atom. The van der Waals surface area contributed by atoms with E-state index in [-0.39, 0.29) is 23.4 Å². The fourth-order valence-electron chi connectivity index (χ4n) is 3.32. The van der Waals surface area contributed by atoms with Crippen LogP contribution in [0, 0.1) is 0 Å². The van der Waals surface area contributed by atoms with Gasteiger partial charge < -0.3 is 10.2 Å². The first kappa shape index (κ1) is 28.1. The summed E-state index contributed by atoms with van der Waals surface area (Å²) < 4.78 is 26.9. The van der Waals surface area contributed by atoms with Gasteiger partial charge in [0.1, 0.15) is 6.04 Å². The molecule has 0 radical (unpaired) electrons. The summed E-state index contributed by atoms with van der Waals surface area (Å²) in [5.74, 6) is -0.799. The average molecular weight is 529 g/mol. The summed E-state index contributed by atoms with van der Waals surface area (Å²) in [5, 5.41) is 3.78. The molecule has 34 heavy (non-hydrogen) atoms. The highest BCUT2D eigenvalue weighted by molar-refractivity contribution is 7.89. The molecule has 0 unspecified atom stereocenters. The predicted octanol–water partition coefficient (Wildman–Crippen LogP) is 4.34. The van der Waals surface area contributed by atoms with Crippen molar-refractivity contribution < 1.29 is 18.0 Å². The van der Waals surface area contributed by atoms with Gasteiger partial charge in [-0.25, -0.2) is 8.42 Å². The van der Waals surface area contributed by atoms with Crippen molar-refractivity contribution in [2.75, 3.05) is 13.6 Å². The Hall–Kier alpha value is -2.13. The van der Waals surface area contributed by atoms with Crippen molar-refractivity contribution in [1.29, 1.82) is 0 Å². The van der Waals surface area contributed by atoms with Gasteiger partial charge in [-0.05, 0) is 55.7 Å². The zero-order valence-corrected chi connectivity index (χ0v) is 22.1. The molecule has 0 saturated carbocycles. The normalized spacial score (nSPS) is 13.4. The smallest absolute Gasteiger partial charge is 0.243 e. The molecule has 2 aromatic rings. The van der Waals surface area contributed by atoms with Gasteiger partial charge in [0.2, 0.25) is 21.8 Å². The van der Waals surface area contributed by atoms with Crippen LogP contribution in [0.15, 0.2) is 53.4 Å². The zero-order valence-electron chi connectivity index (χ0n) is 19.8. The number of carbonyl (C=O) groups excluding carboxylic acids is 2. The number of carbonyl (C=O) groups is 2. The molecule has 0 spiro atoms. The molecular weight excluding hydrogens is 497 g/mol. The molecule has 0 aromatic heterocycles. The largest absolute Gasteiger partial charge is 0.352 e. The molecular formula is C24H31Cl2N3O4S. The molecule has 1 N–H and O–H groups in total. The molecule has 2 aromatic carbocycles. The summed E-state index contributed by atoms with van der Waals surface area (Å²) in [6, 6.07) is 11.9. The van der Waals surface area contributed by atoms with Crippen molar-refractivity contribution in [3.63, 3.8) is 0 Å². The highest BCUT2D eigenvalue weighted by atomic mass is 35.5. The number of nitrogens with zero attached hydrogens (tertiary/aromatic N) is 2. The van der Waals surface area contributed by atoms with E-state index in [0.717, 1.165) is 10.7 Å². The molecule has 0 aliphatic heterocycles. The van der Waals surface area contributed by atoms with E-state index in [1.165, 1.54) is 36.2 Å². The quantitative estimate of drug-likeness (QED) is 0.470. The number of likely N-dealkylation sites (N-methyl/N-ethyl adjacent to an activating group) is 1. The Morgan fingerprint density at radius 3 is 2.18 bits per heavy atom. The van der Waals surface area contributed by atoms with Gasteiger partial charge in [0.25, 0.3) is 0 Å². The van der Waals surface area contributed by atoms with Crippen molar-refractivity contribution in [2.24, 2.45) is 0 Å². The standard InChI is InChI=1S/C24H31Cl2N3O4S/c1-5-17(3)27-24(31)22(6-2)29(15-18-9-7-8-10-21(18)26)23(30)16-28(4)34(32,33)20-13-11-19(25)12-14-20/h7-14,17,22H,5-6,15-16H2,1-4H3,(H,27,31)/t17-,22+/m0/s1. The van der Waals surface area contributed by atoms with Gasteiger partial charge in [0, 0.05) is 29.7 Å². The van der Waals surface area contributed by atoms with Crippen LogP contribution in [0.3, 0.4) is 0 Å². The van der Waals surface area contributed by atoms with Crippen molar-refractivity contribution in [3.05, 3.63) is 64.1 Å². The summed E-state index contributed by atoms with van der Waals surface area (Å²) in [5.41, 5.74) is 0.663. The number of sulfonamides is 1. The average Bonchev–Trinajstić information content (AvgIpc) is 2.80. The Balaban J connectivity index is 2.34. The second-order valence-corrected chi connectivity index (χ2v) is 11.0. The molecule has 0 bridgehead atoms. The van der Waals surface area contributed by atoms with Crippen LogP contribution in [0.25, 0.3) is 0 Å². The van der Waals surface area contributed by atoms with Crippen LogP contribution in [0.5, 0.6) is 0 Å². The third kappa shape index (κ3) is 7.18. The number of nitrogens with one attached hydrogen (secondary N) is 1. The van der Waals surface area contributed by atoms with Crippen LogP contribution < -0.4 is 5.32 Å². The van der Waals surface area contributed by atoms with Gasteiger partial charge in [0.05, 0.1) is 11.4 Å². The van der Waals surface area contributed by atoms with E-state index in [1.807, 2.05) is 20.8 Å². The zero-order chi connectivity index (χ0) is 25.5. The summed E-state index contributed by atoms with van der Waals surface area (Å²) in [7, 11) is -2.61. The maximum atomic E-state index is 13.4. The fraction of sp³-hybridized carbons (Fsp3) is 0.417. The van der Waals surface area contributed by atoms with E-state index in [4.69, 9.17) is 23.2 Å². The van der Waals surface area contributed by atoms with Crippen LogP contribution >= 0.6 is 23.2 Å². The number of benzene rings is 2. The van der Waals surface area contributed by atoms with E-state index in [1.54, 1.807) is 24.3 Å². The summed E-state index contributed by atoms with van der Waals surface area (Å²) in [4.78, 5) is 27.9. The molecule has 2 atom stereocenters. The van der Waals surface area contributed by atoms with Crippen LogP contribution in [0.4, 0.5) is 0 Å². The third-order valence-electron chi connectivity index (χ3n) is 5.57. The molecule has 2 rings (SSSR count). The van der Waals surface area contributed by atoms with Crippen molar-refractivity contribution in [2.45, 2.75) is 57.1 Å².